The van der Waals surface area contributed by atoms with Crippen molar-refractivity contribution in [2.24, 2.45) is 0 Å². The molecule has 0 amide bonds. The fourth-order valence-corrected chi connectivity index (χ4v) is 3.25. The third kappa shape index (κ3) is 3.59. The van der Waals surface area contributed by atoms with Crippen LogP contribution < -0.4 is 0 Å². The van der Waals surface area contributed by atoms with Crippen molar-refractivity contribution in [2.45, 2.75) is 17.1 Å². The summed E-state index contributed by atoms with van der Waals surface area (Å²) in [6, 6.07) is 11.0. The quantitative estimate of drug-likeness (QED) is 0.558. The lowest BCUT2D eigenvalue weighted by molar-refractivity contribution is 0.614. The third-order valence-electron chi connectivity index (χ3n) is 3.00. The van der Waals surface area contributed by atoms with Gasteiger partial charge < -0.3 is 0 Å². The Morgan fingerprint density at radius 2 is 1.74 bits per heavy atom. The summed E-state index contributed by atoms with van der Waals surface area (Å²) < 4.78 is 13.8. The Morgan fingerprint density at radius 1 is 1.00 bits per heavy atom. The van der Waals surface area contributed by atoms with Gasteiger partial charge in [-0.15, -0.1) is 0 Å². The summed E-state index contributed by atoms with van der Waals surface area (Å²) in [4.78, 5) is 0. The highest BCUT2D eigenvalue weighted by Crippen LogP contribution is 2.24. The summed E-state index contributed by atoms with van der Waals surface area (Å²) in [6.07, 6.45) is 0.508. The fourth-order valence-electron chi connectivity index (χ4n) is 1.95. The number of benzene rings is 2. The molecule has 2 aromatic rings. The maximum atomic E-state index is 13.8. The Hall–Kier alpha value is -0.380. The molecule has 0 heterocycles. The Kier molecular flexibility index (Phi) is 5.43. The van der Waals surface area contributed by atoms with Crippen molar-refractivity contribution in [3.05, 3.63) is 69.5 Å². The molecule has 19 heavy (non-hydrogen) atoms. The molecule has 2 rings (SSSR count). The maximum Gasteiger partial charge on any atom is 0.128 e. The summed E-state index contributed by atoms with van der Waals surface area (Å²) >= 11 is 13.0. The molecule has 0 aromatic heterocycles. The first-order valence-electron chi connectivity index (χ1n) is 5.81. The van der Waals surface area contributed by atoms with Crippen molar-refractivity contribution < 1.29 is 4.39 Å². The van der Waals surface area contributed by atoms with Crippen molar-refractivity contribution in [3.63, 3.8) is 0 Å². The van der Waals surface area contributed by atoms with Gasteiger partial charge in [-0.2, -0.15) is 0 Å². The highest BCUT2D eigenvalue weighted by atomic mass is 79.9. The first kappa shape index (κ1) is 15.0. The van der Waals surface area contributed by atoms with E-state index in [2.05, 4.69) is 44.0 Å². The van der Waals surface area contributed by atoms with Crippen LogP contribution in [0.4, 0.5) is 4.39 Å². The van der Waals surface area contributed by atoms with E-state index in [1.165, 1.54) is 17.2 Å². The van der Waals surface area contributed by atoms with E-state index in [0.29, 0.717) is 17.0 Å². The predicted octanol–water partition coefficient (Wildman–Crippen LogP) is 5.86. The van der Waals surface area contributed by atoms with Crippen LogP contribution >= 0.6 is 43.5 Å². The number of rotatable bonds is 4. The molecule has 0 unspecified atom stereocenters. The smallest absolute Gasteiger partial charge is 0.128 e. The van der Waals surface area contributed by atoms with Crippen LogP contribution in [0.1, 0.15) is 22.3 Å². The van der Waals surface area contributed by atoms with Gasteiger partial charge in [-0.3, -0.25) is 0 Å². The van der Waals surface area contributed by atoms with E-state index >= 15 is 0 Å². The zero-order chi connectivity index (χ0) is 13.8. The lowest BCUT2D eigenvalue weighted by Crippen LogP contribution is -1.96. The molecule has 0 aliphatic carbocycles. The standard InChI is InChI=1S/C15H12Br2ClF/c16-8-11-5-4-10(6-12(11)9-17)7-13-14(18)2-1-3-15(13)19/h1-6H,7-9H2. The minimum absolute atomic E-state index is 0.252. The van der Waals surface area contributed by atoms with Crippen molar-refractivity contribution >= 4 is 43.5 Å². The largest absolute Gasteiger partial charge is 0.207 e. The first-order chi connectivity index (χ1) is 9.15. The molecule has 0 saturated carbocycles. The molecular weight excluding hydrogens is 394 g/mol. The highest BCUT2D eigenvalue weighted by molar-refractivity contribution is 9.09. The number of alkyl halides is 2. The summed E-state index contributed by atoms with van der Waals surface area (Å²) in [5, 5.41) is 2.08. The van der Waals surface area contributed by atoms with Gasteiger partial charge in [0, 0.05) is 27.7 Å². The van der Waals surface area contributed by atoms with Crippen molar-refractivity contribution in [2.75, 3.05) is 0 Å². The summed E-state index contributed by atoms with van der Waals surface area (Å²) in [7, 11) is 0. The van der Waals surface area contributed by atoms with E-state index in [4.69, 9.17) is 11.6 Å². The zero-order valence-electron chi connectivity index (χ0n) is 10.1. The summed E-state index contributed by atoms with van der Waals surface area (Å²) in [5.41, 5.74) is 4.06. The minimum Gasteiger partial charge on any atom is -0.207 e. The first-order valence-corrected chi connectivity index (χ1v) is 8.43. The van der Waals surface area contributed by atoms with Crippen molar-refractivity contribution in [3.8, 4) is 0 Å². The number of halogens is 4. The third-order valence-corrected chi connectivity index (χ3v) is 4.56. The number of hydrogen-bond acceptors (Lipinski definition) is 0. The molecule has 0 spiro atoms. The van der Waals surface area contributed by atoms with Gasteiger partial charge in [0.05, 0.1) is 0 Å². The monoisotopic (exact) mass is 404 g/mol. The van der Waals surface area contributed by atoms with E-state index in [-0.39, 0.29) is 5.82 Å². The normalized spacial score (nSPS) is 10.7. The van der Waals surface area contributed by atoms with E-state index in [9.17, 15) is 4.39 Å². The topological polar surface area (TPSA) is 0 Å². The second-order valence-corrected chi connectivity index (χ2v) is 5.78. The average Bonchev–Trinajstić information content (AvgIpc) is 2.42. The molecule has 2 aromatic carbocycles. The van der Waals surface area contributed by atoms with E-state index in [1.807, 2.05) is 6.07 Å². The molecule has 0 N–H and O–H groups in total. The molecule has 0 aliphatic heterocycles. The Labute approximate surface area is 134 Å². The molecular formula is C15H12Br2ClF. The summed E-state index contributed by atoms with van der Waals surface area (Å²) in [5.74, 6) is -0.252. The van der Waals surface area contributed by atoms with Crippen LogP contribution in [0.5, 0.6) is 0 Å². The molecule has 0 nitrogen and oxygen atoms in total. The fraction of sp³-hybridized carbons (Fsp3) is 0.200. The van der Waals surface area contributed by atoms with Crippen LogP contribution in [-0.2, 0) is 17.1 Å². The average molecular weight is 407 g/mol. The SMILES string of the molecule is Fc1cccc(Cl)c1Cc1ccc(CBr)c(CBr)c1. The molecule has 4 heteroatoms. The van der Waals surface area contributed by atoms with Crippen LogP contribution in [0, 0.1) is 5.82 Å². The van der Waals surface area contributed by atoms with Gasteiger partial charge in [-0.1, -0.05) is 67.7 Å². The zero-order valence-corrected chi connectivity index (χ0v) is 14.0. The van der Waals surface area contributed by atoms with Crippen molar-refractivity contribution in [1.82, 2.24) is 0 Å². The van der Waals surface area contributed by atoms with Crippen LogP contribution in [0.15, 0.2) is 36.4 Å². The van der Waals surface area contributed by atoms with Gasteiger partial charge in [-0.25, -0.2) is 4.39 Å². The molecule has 0 fully saturated rings. The van der Waals surface area contributed by atoms with Gasteiger partial charge in [0.25, 0.3) is 0 Å². The van der Waals surface area contributed by atoms with Gasteiger partial charge in [0.1, 0.15) is 5.82 Å². The number of hydrogen-bond donors (Lipinski definition) is 0. The molecule has 0 atom stereocenters. The minimum atomic E-state index is -0.252. The lowest BCUT2D eigenvalue weighted by atomic mass is 10.0. The maximum absolute atomic E-state index is 13.8. The molecule has 0 saturated heterocycles. The molecule has 0 radical (unpaired) electrons. The van der Waals surface area contributed by atoms with Gasteiger partial charge in [0.15, 0.2) is 0 Å². The lowest BCUT2D eigenvalue weighted by Gasteiger charge is -2.10. The van der Waals surface area contributed by atoms with E-state index in [0.717, 1.165) is 16.2 Å². The molecule has 100 valence electrons. The highest BCUT2D eigenvalue weighted by Gasteiger charge is 2.09. The van der Waals surface area contributed by atoms with E-state index < -0.39 is 0 Å². The predicted molar refractivity (Wildman–Crippen MR) is 85.9 cm³/mol. The van der Waals surface area contributed by atoms with Crippen LogP contribution in [0.25, 0.3) is 0 Å². The van der Waals surface area contributed by atoms with E-state index in [1.54, 1.807) is 12.1 Å². The van der Waals surface area contributed by atoms with Gasteiger partial charge >= 0.3 is 0 Å². The Balaban J connectivity index is 2.33. The molecule has 0 bridgehead atoms. The second kappa shape index (κ2) is 6.87. The van der Waals surface area contributed by atoms with Gasteiger partial charge in [-0.05, 0) is 28.8 Å². The molecule has 0 aliphatic rings. The van der Waals surface area contributed by atoms with Crippen LogP contribution in [0.3, 0.4) is 0 Å². The Morgan fingerprint density at radius 3 is 2.37 bits per heavy atom. The van der Waals surface area contributed by atoms with Crippen molar-refractivity contribution in [1.29, 1.82) is 0 Å². The van der Waals surface area contributed by atoms with Crippen LogP contribution in [0.2, 0.25) is 5.02 Å². The Bertz CT molecular complexity index is 564. The van der Waals surface area contributed by atoms with Crippen LogP contribution in [-0.4, -0.2) is 0 Å². The second-order valence-electron chi connectivity index (χ2n) is 4.25. The summed E-state index contributed by atoms with van der Waals surface area (Å²) in [6.45, 7) is 0. The van der Waals surface area contributed by atoms with Gasteiger partial charge in [0.2, 0.25) is 0 Å².